The second-order valence-corrected chi connectivity index (χ2v) is 15.8. The van der Waals surface area contributed by atoms with E-state index in [-0.39, 0.29) is 5.78 Å². The molecule has 0 saturated heterocycles. The summed E-state index contributed by atoms with van der Waals surface area (Å²) in [6.07, 6.45) is 4.70. The van der Waals surface area contributed by atoms with Crippen LogP contribution in [0, 0.1) is 0 Å². The monoisotopic (exact) mass is 772 g/mol. The van der Waals surface area contributed by atoms with E-state index in [0.717, 1.165) is 69.2 Å². The zero-order valence-electron chi connectivity index (χ0n) is 33.0. The van der Waals surface area contributed by atoms with Crippen LogP contribution in [0.3, 0.4) is 0 Å². The van der Waals surface area contributed by atoms with E-state index in [1.165, 1.54) is 57.3 Å². The average Bonchev–Trinajstić information content (AvgIpc) is 3.58. The number of benzene rings is 8. The summed E-state index contributed by atoms with van der Waals surface area (Å²) in [6.45, 7) is 0. The molecule has 0 spiro atoms. The summed E-state index contributed by atoms with van der Waals surface area (Å²) in [5.41, 5.74) is 17.4. The lowest BCUT2D eigenvalue weighted by molar-refractivity contribution is -0.108. The van der Waals surface area contributed by atoms with Crippen molar-refractivity contribution in [2.24, 2.45) is 0 Å². The van der Waals surface area contributed by atoms with Crippen LogP contribution in [0.4, 0.5) is 0 Å². The SMILES string of the molecule is O=C1C(c2ccccc2)=C(c2ccc(Oc3ccc(-c4ccc5c(c4)CC5)cc3)cc2)C(c2ccc(Oc3ccc(-c4ccc5c(c4)CC5)cc3)cc2)=C1c1ccccc1. The number of hydrogen-bond acceptors (Lipinski definition) is 3. The van der Waals surface area contributed by atoms with Gasteiger partial charge in [-0.15, -0.1) is 0 Å². The minimum absolute atomic E-state index is 0.00118. The van der Waals surface area contributed by atoms with Gasteiger partial charge in [-0.05, 0) is 141 Å². The highest BCUT2D eigenvalue weighted by molar-refractivity contribution is 6.59. The van der Waals surface area contributed by atoms with Crippen molar-refractivity contribution in [2.75, 3.05) is 0 Å². The largest absolute Gasteiger partial charge is 0.457 e. The Labute approximate surface area is 350 Å². The summed E-state index contributed by atoms with van der Waals surface area (Å²) in [6, 6.07) is 66.3. The number of aryl methyl sites for hydroxylation is 4. The van der Waals surface area contributed by atoms with Crippen molar-refractivity contribution >= 4 is 28.1 Å². The third-order valence-corrected chi connectivity index (χ3v) is 12.2. The molecule has 0 heterocycles. The van der Waals surface area contributed by atoms with E-state index < -0.39 is 0 Å². The summed E-state index contributed by atoms with van der Waals surface area (Å²) in [7, 11) is 0. The van der Waals surface area contributed by atoms with E-state index in [0.29, 0.717) is 11.1 Å². The molecule has 3 aliphatic carbocycles. The normalized spacial score (nSPS) is 14.0. The van der Waals surface area contributed by atoms with Crippen LogP contribution in [0.25, 0.3) is 44.5 Å². The standard InChI is InChI=1S/C57H40O3/c58-57-55(41-7-3-1-4-8-41)53(43-23-31-51(32-24-43)59-49-27-19-39(20-28-49)47-17-13-37-11-15-45(37)35-47)54(56(57)42-9-5-2-6-10-42)44-25-33-52(34-26-44)60-50-29-21-40(22-30-50)48-18-14-38-12-16-46(38)36-48/h1-10,13-14,17-36H,11-12,15-16H2. The number of ketones is 1. The van der Waals surface area contributed by atoms with E-state index in [1.807, 2.05) is 109 Å². The first-order valence-corrected chi connectivity index (χ1v) is 20.8. The fraction of sp³-hybridized carbons (Fsp3) is 0.0702. The second-order valence-electron chi connectivity index (χ2n) is 15.8. The number of rotatable bonds is 10. The molecule has 8 aromatic carbocycles. The smallest absolute Gasteiger partial charge is 0.195 e. The molecule has 0 aromatic heterocycles. The molecule has 3 nitrogen and oxygen atoms in total. The van der Waals surface area contributed by atoms with Crippen LogP contribution in [0.15, 0.2) is 194 Å². The zero-order chi connectivity index (χ0) is 40.0. The minimum atomic E-state index is -0.00118. The van der Waals surface area contributed by atoms with E-state index >= 15 is 0 Å². The Morgan fingerprint density at radius 3 is 0.883 bits per heavy atom. The number of carbonyl (C=O) groups excluding carboxylic acids is 1. The molecule has 0 atom stereocenters. The molecular weight excluding hydrogens is 733 g/mol. The lowest BCUT2D eigenvalue weighted by Crippen LogP contribution is -2.07. The van der Waals surface area contributed by atoms with Crippen LogP contribution in [-0.4, -0.2) is 5.78 Å². The molecule has 8 aromatic rings. The molecule has 0 saturated carbocycles. The first-order chi connectivity index (χ1) is 29.6. The van der Waals surface area contributed by atoms with E-state index in [2.05, 4.69) is 84.9 Å². The van der Waals surface area contributed by atoms with Crippen LogP contribution in [0.2, 0.25) is 0 Å². The number of ether oxygens (including phenoxy) is 2. The predicted molar refractivity (Wildman–Crippen MR) is 243 cm³/mol. The third-order valence-electron chi connectivity index (χ3n) is 12.2. The molecule has 3 heteroatoms. The topological polar surface area (TPSA) is 35.5 Å². The van der Waals surface area contributed by atoms with Crippen molar-refractivity contribution in [1.29, 1.82) is 0 Å². The molecule has 11 rings (SSSR count). The molecule has 60 heavy (non-hydrogen) atoms. The van der Waals surface area contributed by atoms with Gasteiger partial charge in [-0.3, -0.25) is 4.79 Å². The minimum Gasteiger partial charge on any atom is -0.457 e. The molecule has 0 amide bonds. The summed E-state index contributed by atoms with van der Waals surface area (Å²) < 4.78 is 12.7. The van der Waals surface area contributed by atoms with E-state index in [4.69, 9.17) is 9.47 Å². The second kappa shape index (κ2) is 15.0. The van der Waals surface area contributed by atoms with Crippen molar-refractivity contribution in [3.63, 3.8) is 0 Å². The van der Waals surface area contributed by atoms with Crippen LogP contribution in [0.5, 0.6) is 23.0 Å². The molecule has 0 unspecified atom stereocenters. The Balaban J connectivity index is 0.912. The van der Waals surface area contributed by atoms with Crippen LogP contribution in [0.1, 0.15) is 44.5 Å². The fourth-order valence-electron chi connectivity index (χ4n) is 8.77. The summed E-state index contributed by atoms with van der Waals surface area (Å²) >= 11 is 0. The van der Waals surface area contributed by atoms with Gasteiger partial charge in [0.1, 0.15) is 23.0 Å². The first kappa shape index (κ1) is 35.7. The summed E-state index contributed by atoms with van der Waals surface area (Å²) in [4.78, 5) is 14.9. The highest BCUT2D eigenvalue weighted by Gasteiger charge is 2.35. The van der Waals surface area contributed by atoms with Gasteiger partial charge in [0.2, 0.25) is 0 Å². The molecule has 3 aliphatic rings. The number of carbonyl (C=O) groups is 1. The molecule has 286 valence electrons. The number of allylic oxidation sites excluding steroid dienone is 4. The van der Waals surface area contributed by atoms with Gasteiger partial charge < -0.3 is 9.47 Å². The Morgan fingerprint density at radius 1 is 0.267 bits per heavy atom. The molecular formula is C57H40O3. The maximum atomic E-state index is 14.9. The lowest BCUT2D eigenvalue weighted by Gasteiger charge is -2.19. The van der Waals surface area contributed by atoms with Gasteiger partial charge in [-0.25, -0.2) is 0 Å². The van der Waals surface area contributed by atoms with E-state index in [1.54, 1.807) is 0 Å². The maximum absolute atomic E-state index is 14.9. The van der Waals surface area contributed by atoms with Gasteiger partial charge in [0.15, 0.2) is 5.78 Å². The summed E-state index contributed by atoms with van der Waals surface area (Å²) in [5, 5.41) is 0. The van der Waals surface area contributed by atoms with Crippen molar-refractivity contribution in [2.45, 2.75) is 25.7 Å². The molecule has 0 aliphatic heterocycles. The molecule has 0 fully saturated rings. The lowest BCUT2D eigenvalue weighted by atomic mass is 9.86. The molecule has 0 N–H and O–H groups in total. The number of Topliss-reactive ketones (excluding diaryl/α,β-unsaturated/α-hetero) is 1. The average molecular weight is 773 g/mol. The highest BCUT2D eigenvalue weighted by atomic mass is 16.5. The quantitative estimate of drug-likeness (QED) is 0.139. The van der Waals surface area contributed by atoms with Gasteiger partial charge in [0.05, 0.1) is 0 Å². The Kier molecular flexibility index (Phi) is 8.93. The number of hydrogen-bond donors (Lipinski definition) is 0. The fourth-order valence-corrected chi connectivity index (χ4v) is 8.77. The van der Waals surface area contributed by atoms with Crippen LogP contribution in [-0.2, 0) is 30.5 Å². The Morgan fingerprint density at radius 2 is 0.567 bits per heavy atom. The van der Waals surface area contributed by atoms with Crippen molar-refractivity contribution in [1.82, 2.24) is 0 Å². The zero-order valence-corrected chi connectivity index (χ0v) is 33.0. The Bertz CT molecular complexity index is 2770. The van der Waals surface area contributed by atoms with Gasteiger partial charge in [-0.1, -0.05) is 146 Å². The molecule has 0 radical (unpaired) electrons. The van der Waals surface area contributed by atoms with Gasteiger partial charge >= 0.3 is 0 Å². The summed E-state index contributed by atoms with van der Waals surface area (Å²) in [5.74, 6) is 2.98. The van der Waals surface area contributed by atoms with Gasteiger partial charge in [0.25, 0.3) is 0 Å². The highest BCUT2D eigenvalue weighted by Crippen LogP contribution is 2.50. The van der Waals surface area contributed by atoms with Crippen molar-refractivity contribution < 1.29 is 14.3 Å². The van der Waals surface area contributed by atoms with Crippen LogP contribution < -0.4 is 9.47 Å². The first-order valence-electron chi connectivity index (χ1n) is 20.8. The molecule has 0 bridgehead atoms. The maximum Gasteiger partial charge on any atom is 0.195 e. The van der Waals surface area contributed by atoms with E-state index in [9.17, 15) is 4.79 Å². The van der Waals surface area contributed by atoms with Gasteiger partial charge in [-0.2, -0.15) is 0 Å². The van der Waals surface area contributed by atoms with Gasteiger partial charge in [0, 0.05) is 22.3 Å². The van der Waals surface area contributed by atoms with Crippen LogP contribution >= 0.6 is 0 Å². The predicted octanol–water partition coefficient (Wildman–Crippen LogP) is 13.9. The van der Waals surface area contributed by atoms with Crippen molar-refractivity contribution in [3.8, 4) is 45.3 Å². The third kappa shape index (κ3) is 6.64. The van der Waals surface area contributed by atoms with Crippen molar-refractivity contribution in [3.05, 3.63) is 239 Å². The Hall–Kier alpha value is -7.49. The number of fused-ring (bicyclic) bond motifs is 2.